The van der Waals surface area contributed by atoms with E-state index in [9.17, 15) is 24.3 Å². The Bertz CT molecular complexity index is 1410. The molecule has 2 aromatic rings. The van der Waals surface area contributed by atoms with Crippen molar-refractivity contribution < 1.29 is 33.6 Å². The molecular weight excluding hydrogens is 535 g/mol. The zero-order valence-corrected chi connectivity index (χ0v) is 23.0. The smallest absolute Gasteiger partial charge is 0.330 e. The summed E-state index contributed by atoms with van der Waals surface area (Å²) >= 11 is 3.63. The summed E-state index contributed by atoms with van der Waals surface area (Å²) in [6.45, 7) is 4.47. The number of H-pyrrole nitrogens is 2. The number of aliphatic hydroxyl groups is 3. The average Bonchev–Trinajstić information content (AvgIpc) is 3.54. The highest BCUT2D eigenvalue weighted by Gasteiger charge is 2.35. The summed E-state index contributed by atoms with van der Waals surface area (Å²) in [5.41, 5.74) is -1.31. The summed E-state index contributed by atoms with van der Waals surface area (Å²) in [5, 5.41) is 17.6. The number of aryl methyl sites for hydroxylation is 2. The minimum absolute atomic E-state index is 0.0608. The largest absolute Gasteiger partial charge is 0.400 e. The molecule has 2 aliphatic rings. The van der Waals surface area contributed by atoms with Crippen LogP contribution in [-0.4, -0.2) is 90.3 Å². The molecule has 0 aromatic carbocycles. The third kappa shape index (κ3) is 9.60. The first kappa shape index (κ1) is 25.5. The average molecular weight is 584 g/mol. The van der Waals surface area contributed by atoms with Crippen LogP contribution in [0.2, 0.25) is 6.82 Å². The summed E-state index contributed by atoms with van der Waals surface area (Å²) in [4.78, 5) is 50.3. The van der Waals surface area contributed by atoms with Crippen molar-refractivity contribution in [3.63, 3.8) is 0 Å². The second-order valence-corrected chi connectivity index (χ2v) is 8.90. The van der Waals surface area contributed by atoms with Gasteiger partial charge in [0.2, 0.25) is 2.86 Å². The number of hydrogen-bond donors (Lipinski definition) is 6. The molecule has 2 fully saturated rings. The number of methoxy groups -OCH3 is 1. The zero-order valence-electron chi connectivity index (χ0n) is 28.1. The number of nitrogens with zero attached hydrogens (tertiary/aromatic N) is 2. The minimum Gasteiger partial charge on any atom is -0.400 e. The van der Waals surface area contributed by atoms with E-state index in [2.05, 4.69) is 32.7 Å². The summed E-state index contributed by atoms with van der Waals surface area (Å²) in [7, 11) is -0.169. The Balaban J connectivity index is 0.000000378. The maximum Gasteiger partial charge on any atom is 0.330 e. The van der Waals surface area contributed by atoms with Crippen LogP contribution in [0.4, 0.5) is 0 Å². The number of aliphatic hydroxyl groups excluding tert-OH is 3. The topological polar surface area (TPSA) is 198 Å². The third-order valence-corrected chi connectivity index (χ3v) is 5.56. The SMILES string of the molecule is [2H]B(C)S.[2H]C([3H])OCC1OC(n2cc(C)c(=O)[nH]c2=O)CC1O[3H].[2H]OC.[3H]CC1OC(n2cc(C)c(=O)[nH]c2=O)CC1O. The number of aromatic amines is 2. The summed E-state index contributed by atoms with van der Waals surface area (Å²) in [5.74, 6) is 0. The van der Waals surface area contributed by atoms with Crippen molar-refractivity contribution in [3.05, 3.63) is 65.2 Å². The van der Waals surface area contributed by atoms with Gasteiger partial charge in [0.05, 0.1) is 27.7 Å². The monoisotopic (exact) mass is 583 g/mol. The van der Waals surface area contributed by atoms with Crippen LogP contribution in [0.5, 0.6) is 0 Å². The van der Waals surface area contributed by atoms with Gasteiger partial charge in [0, 0.05) is 51.9 Å². The first-order valence-corrected chi connectivity index (χ1v) is 12.2. The third-order valence-electron chi connectivity index (χ3n) is 5.56. The number of thiol groups is 1. The molecule has 0 radical (unpaired) electrons. The second kappa shape index (κ2) is 16.6. The number of ether oxygens (including phenoxy) is 3. The van der Waals surface area contributed by atoms with Gasteiger partial charge >= 0.3 is 11.4 Å². The standard InChI is InChI=1S/C11H16N2O5.C10H14N2O4.CH5BS.CH4O/c1-6-4-13(11(16)12-10(6)15)9-3-7(14)8(18-9)5-17-2;1-5-4-12(10(15)11-9(5)14)8-3-7(13)6(2)16-8;1-2-3;1-2/h4,7-9,14H,3,5H2,1-2H3,(H,12,15,16);4,6-8,13H,3H2,1-2H3,(H,11,14,15);2-3H,1H3;2H,1H3/i2TD,14T;2T;2*2D. The quantitative estimate of drug-likeness (QED) is 0.179. The molecule has 220 valence electrons. The fourth-order valence-electron chi connectivity index (χ4n) is 3.60. The first-order valence-electron chi connectivity index (χ1n) is 15.0. The van der Waals surface area contributed by atoms with E-state index in [1.165, 1.54) is 28.6 Å². The molecule has 0 bridgehead atoms. The van der Waals surface area contributed by atoms with Crippen LogP contribution < -0.4 is 22.5 Å². The molecule has 0 amide bonds. The van der Waals surface area contributed by atoms with Gasteiger partial charge in [0.25, 0.3) is 11.1 Å². The van der Waals surface area contributed by atoms with Crippen molar-refractivity contribution in [1.29, 1.82) is 4.20 Å². The van der Waals surface area contributed by atoms with Gasteiger partial charge < -0.3 is 29.5 Å². The van der Waals surface area contributed by atoms with Crippen molar-refractivity contribution in [3.8, 4) is 0 Å². The molecule has 7 atom stereocenters. The lowest BCUT2D eigenvalue weighted by Gasteiger charge is -2.15. The first-order chi connectivity index (χ1) is 21.1. The van der Waals surface area contributed by atoms with Crippen LogP contribution in [0.3, 0.4) is 0 Å². The normalized spacial score (nSPS) is 28.3. The molecule has 2 saturated heterocycles. The zero-order chi connectivity index (χ0) is 34.4. The van der Waals surface area contributed by atoms with E-state index < -0.39 is 66.4 Å². The predicted octanol–water partition coefficient (Wildman–Crippen LogP) is -1.42. The number of aromatic nitrogens is 4. The Morgan fingerprint density at radius 1 is 1.18 bits per heavy atom. The second-order valence-electron chi connectivity index (χ2n) is 8.38. The van der Waals surface area contributed by atoms with Gasteiger partial charge in [-0.05, 0) is 22.1 Å². The maximum absolute atomic E-state index is 11.8. The van der Waals surface area contributed by atoms with Crippen molar-refractivity contribution in [2.24, 2.45) is 0 Å². The molecule has 0 saturated carbocycles. The van der Waals surface area contributed by atoms with E-state index in [1.807, 2.05) is 0 Å². The molecule has 0 spiro atoms. The molecule has 16 heteroatoms. The lowest BCUT2D eigenvalue weighted by Crippen LogP contribution is -2.33. The molecule has 2 aliphatic heterocycles. The van der Waals surface area contributed by atoms with Crippen molar-refractivity contribution in [2.45, 2.75) is 77.3 Å². The van der Waals surface area contributed by atoms with Crippen molar-refractivity contribution >= 4 is 19.0 Å². The Labute approximate surface area is 239 Å². The van der Waals surface area contributed by atoms with Crippen LogP contribution in [0.15, 0.2) is 31.6 Å². The lowest BCUT2D eigenvalue weighted by molar-refractivity contribution is -0.0547. The Kier molecular flexibility index (Phi) is 10.9. The summed E-state index contributed by atoms with van der Waals surface area (Å²) in [6.07, 6.45) is -0.708. The number of nitrogens with one attached hydrogen (secondary N) is 2. The van der Waals surface area contributed by atoms with Gasteiger partial charge in [0.1, 0.15) is 18.6 Å². The van der Waals surface area contributed by atoms with Crippen LogP contribution in [-0.2, 0) is 14.2 Å². The molecule has 39 heavy (non-hydrogen) atoms. The van der Waals surface area contributed by atoms with E-state index in [1.54, 1.807) is 20.7 Å². The summed E-state index contributed by atoms with van der Waals surface area (Å²) < 4.78 is 58.6. The molecule has 14 nitrogen and oxygen atoms in total. The molecular formula is C23H39BN4O10S. The highest BCUT2D eigenvalue weighted by molar-refractivity contribution is 8.06. The number of hydrogen-bond acceptors (Lipinski definition) is 11. The fourth-order valence-corrected chi connectivity index (χ4v) is 3.60. The van der Waals surface area contributed by atoms with Gasteiger partial charge in [-0.15, -0.1) is 0 Å². The van der Waals surface area contributed by atoms with E-state index >= 15 is 0 Å². The molecule has 4 rings (SSSR count). The van der Waals surface area contributed by atoms with Crippen molar-refractivity contribution in [2.75, 3.05) is 20.8 Å². The van der Waals surface area contributed by atoms with E-state index in [4.69, 9.17) is 22.5 Å². The van der Waals surface area contributed by atoms with Crippen LogP contribution in [0, 0.1) is 13.8 Å². The van der Waals surface area contributed by atoms with Crippen LogP contribution >= 0.6 is 12.5 Å². The van der Waals surface area contributed by atoms with E-state index in [0.717, 1.165) is 0 Å². The molecule has 7 unspecified atom stereocenters. The molecule has 5 N–H and O–H groups in total. The predicted molar refractivity (Wildman–Crippen MR) is 149 cm³/mol. The highest BCUT2D eigenvalue weighted by atomic mass is 32.1. The van der Waals surface area contributed by atoms with Gasteiger partial charge in [-0.3, -0.25) is 28.7 Å². The van der Waals surface area contributed by atoms with Gasteiger partial charge in [-0.25, -0.2) is 22.1 Å². The molecule has 4 heterocycles. The Morgan fingerprint density at radius 3 is 2.10 bits per heavy atom. The number of rotatable bonds is 5. The lowest BCUT2D eigenvalue weighted by atomic mass is 10.2. The van der Waals surface area contributed by atoms with E-state index in [0.29, 0.717) is 11.1 Å². The van der Waals surface area contributed by atoms with Gasteiger partial charge in [-0.2, -0.15) is 0 Å². The molecule has 0 aliphatic carbocycles. The van der Waals surface area contributed by atoms with Gasteiger partial charge in [-0.1, -0.05) is 6.82 Å². The molecule has 2 aromatic heterocycles. The summed E-state index contributed by atoms with van der Waals surface area (Å²) in [6, 6.07) is 0. The Hall–Kier alpha value is -2.47. The van der Waals surface area contributed by atoms with Gasteiger partial charge in [0.15, 0.2) is 6.52 Å². The minimum atomic E-state index is -1.46. The Morgan fingerprint density at radius 2 is 1.67 bits per heavy atom. The highest BCUT2D eigenvalue weighted by Crippen LogP contribution is 2.28. The maximum atomic E-state index is 11.8. The van der Waals surface area contributed by atoms with E-state index in [-0.39, 0.29) is 32.9 Å². The van der Waals surface area contributed by atoms with Crippen LogP contribution in [0.25, 0.3) is 0 Å². The van der Waals surface area contributed by atoms with Crippen molar-refractivity contribution in [1.82, 2.24) is 19.1 Å². The van der Waals surface area contributed by atoms with Crippen LogP contribution in [0.1, 0.15) is 47.4 Å². The fraction of sp³-hybridized carbons (Fsp3) is 0.652.